The van der Waals surface area contributed by atoms with Gasteiger partial charge in [0.15, 0.2) is 0 Å². The predicted octanol–water partition coefficient (Wildman–Crippen LogP) is 2.79. The van der Waals surface area contributed by atoms with E-state index < -0.39 is 0 Å². The van der Waals surface area contributed by atoms with E-state index in [9.17, 15) is 9.18 Å². The van der Waals surface area contributed by atoms with E-state index in [1.807, 2.05) is 6.92 Å². The first-order valence-electron chi connectivity index (χ1n) is 8.64. The highest BCUT2D eigenvalue weighted by atomic mass is 19.1. The third-order valence-electron chi connectivity index (χ3n) is 4.39. The lowest BCUT2D eigenvalue weighted by Crippen LogP contribution is -2.45. The van der Waals surface area contributed by atoms with Crippen LogP contribution in [0.25, 0.3) is 0 Å². The van der Waals surface area contributed by atoms with E-state index in [1.165, 1.54) is 6.07 Å². The topological polar surface area (TPSA) is 55.3 Å². The van der Waals surface area contributed by atoms with Gasteiger partial charge in [0.25, 0.3) is 0 Å². The Kier molecular flexibility index (Phi) is 5.58. The third kappa shape index (κ3) is 4.53. The highest BCUT2D eigenvalue weighted by Gasteiger charge is 2.26. The van der Waals surface area contributed by atoms with E-state index in [1.54, 1.807) is 35.5 Å². The Morgan fingerprint density at radius 1 is 1.32 bits per heavy atom. The number of carbonyl (C=O) groups is 1. The number of rotatable bonds is 5. The van der Waals surface area contributed by atoms with Crippen LogP contribution in [0, 0.1) is 5.82 Å². The van der Waals surface area contributed by atoms with Gasteiger partial charge in [-0.05, 0) is 36.5 Å². The Labute approximate surface area is 146 Å². The van der Waals surface area contributed by atoms with Crippen molar-refractivity contribution in [1.29, 1.82) is 0 Å². The van der Waals surface area contributed by atoms with Crippen molar-refractivity contribution in [2.24, 2.45) is 0 Å². The number of piperidine rings is 1. The van der Waals surface area contributed by atoms with Crippen molar-refractivity contribution in [3.05, 3.63) is 53.6 Å². The second-order valence-electron chi connectivity index (χ2n) is 6.22. The lowest BCUT2D eigenvalue weighted by atomic mass is 10.1. The average Bonchev–Trinajstić information content (AvgIpc) is 2.64. The van der Waals surface area contributed by atoms with Gasteiger partial charge in [0, 0.05) is 18.9 Å². The molecule has 3 rings (SSSR count). The van der Waals surface area contributed by atoms with Crippen LogP contribution in [0.5, 0.6) is 6.01 Å². The Morgan fingerprint density at radius 2 is 2.08 bits per heavy atom. The van der Waals surface area contributed by atoms with Gasteiger partial charge in [-0.25, -0.2) is 14.4 Å². The monoisotopic (exact) mass is 343 g/mol. The molecule has 132 valence electrons. The van der Waals surface area contributed by atoms with Gasteiger partial charge in [-0.2, -0.15) is 0 Å². The highest BCUT2D eigenvalue weighted by molar-refractivity contribution is 5.79. The molecule has 5 nitrogen and oxygen atoms in total. The standard InChI is InChI=1S/C19H22FN3O2/c1-2-14-11-21-19(22-12-14)25-16-7-5-9-23(13-16)18(24)10-15-6-3-4-8-17(15)20/h3-4,6,8,11-12,16H,2,5,7,9-10,13H2,1H3. The van der Waals surface area contributed by atoms with Crippen molar-refractivity contribution in [3.63, 3.8) is 0 Å². The van der Waals surface area contributed by atoms with Crippen molar-refractivity contribution in [3.8, 4) is 6.01 Å². The molecule has 1 saturated heterocycles. The van der Waals surface area contributed by atoms with Crippen LogP contribution in [0.1, 0.15) is 30.9 Å². The van der Waals surface area contributed by atoms with Gasteiger partial charge in [0.2, 0.25) is 5.91 Å². The summed E-state index contributed by atoms with van der Waals surface area (Å²) >= 11 is 0. The Bertz CT molecular complexity index is 721. The van der Waals surface area contributed by atoms with Crippen LogP contribution < -0.4 is 4.74 Å². The average molecular weight is 343 g/mol. The van der Waals surface area contributed by atoms with E-state index >= 15 is 0 Å². The molecule has 0 saturated carbocycles. The number of aryl methyl sites for hydroxylation is 1. The van der Waals surface area contributed by atoms with E-state index in [4.69, 9.17) is 4.74 Å². The Morgan fingerprint density at radius 3 is 2.80 bits per heavy atom. The summed E-state index contributed by atoms with van der Waals surface area (Å²) in [5.74, 6) is -0.425. The summed E-state index contributed by atoms with van der Waals surface area (Å²) in [7, 11) is 0. The van der Waals surface area contributed by atoms with Gasteiger partial charge in [-0.1, -0.05) is 25.1 Å². The van der Waals surface area contributed by atoms with Crippen LogP contribution in [0.3, 0.4) is 0 Å². The maximum absolute atomic E-state index is 13.7. The molecule has 1 aromatic heterocycles. The maximum Gasteiger partial charge on any atom is 0.316 e. The minimum Gasteiger partial charge on any atom is -0.458 e. The van der Waals surface area contributed by atoms with E-state index in [2.05, 4.69) is 9.97 Å². The van der Waals surface area contributed by atoms with Crippen molar-refractivity contribution in [2.75, 3.05) is 13.1 Å². The fourth-order valence-electron chi connectivity index (χ4n) is 2.91. The van der Waals surface area contributed by atoms with E-state index in [0.29, 0.717) is 24.7 Å². The molecule has 0 aliphatic carbocycles. The minimum absolute atomic E-state index is 0.0705. The summed E-state index contributed by atoms with van der Waals surface area (Å²) in [4.78, 5) is 22.6. The molecule has 0 spiro atoms. The molecule has 1 unspecified atom stereocenters. The number of carbonyl (C=O) groups excluding carboxylic acids is 1. The van der Waals surface area contributed by atoms with E-state index in [0.717, 1.165) is 24.8 Å². The van der Waals surface area contributed by atoms with Crippen LogP contribution in [0.15, 0.2) is 36.7 Å². The van der Waals surface area contributed by atoms with Crippen molar-refractivity contribution in [1.82, 2.24) is 14.9 Å². The van der Waals surface area contributed by atoms with Gasteiger partial charge in [-0.3, -0.25) is 4.79 Å². The smallest absolute Gasteiger partial charge is 0.316 e. The zero-order valence-corrected chi connectivity index (χ0v) is 14.3. The summed E-state index contributed by atoms with van der Waals surface area (Å²) in [6.07, 6.45) is 6.02. The number of aromatic nitrogens is 2. The summed E-state index contributed by atoms with van der Waals surface area (Å²) in [5, 5.41) is 0. The van der Waals surface area contributed by atoms with Gasteiger partial charge < -0.3 is 9.64 Å². The van der Waals surface area contributed by atoms with Crippen LogP contribution in [-0.2, 0) is 17.6 Å². The summed E-state index contributed by atoms with van der Waals surface area (Å²) < 4.78 is 19.6. The molecule has 2 heterocycles. The normalized spacial score (nSPS) is 17.4. The number of amides is 1. The maximum atomic E-state index is 13.7. The van der Waals surface area contributed by atoms with Crippen molar-refractivity contribution in [2.45, 2.75) is 38.7 Å². The molecule has 2 aromatic rings. The first kappa shape index (κ1) is 17.3. The molecular formula is C19H22FN3O2. The zero-order chi connectivity index (χ0) is 17.6. The molecule has 1 aromatic carbocycles. The van der Waals surface area contributed by atoms with E-state index in [-0.39, 0.29) is 24.2 Å². The fourth-order valence-corrected chi connectivity index (χ4v) is 2.91. The third-order valence-corrected chi connectivity index (χ3v) is 4.39. The van der Waals surface area contributed by atoms with Crippen LogP contribution in [0.4, 0.5) is 4.39 Å². The van der Waals surface area contributed by atoms with Crippen LogP contribution in [-0.4, -0.2) is 40.0 Å². The molecule has 0 N–H and O–H groups in total. The number of halogens is 1. The molecule has 6 heteroatoms. The largest absolute Gasteiger partial charge is 0.458 e. The minimum atomic E-state index is -0.343. The Hall–Kier alpha value is -2.50. The number of hydrogen-bond donors (Lipinski definition) is 0. The highest BCUT2D eigenvalue weighted by Crippen LogP contribution is 2.17. The zero-order valence-electron chi connectivity index (χ0n) is 14.3. The molecule has 0 radical (unpaired) electrons. The summed E-state index contributed by atoms with van der Waals surface area (Å²) in [6.45, 7) is 3.19. The molecule has 0 bridgehead atoms. The number of benzene rings is 1. The summed E-state index contributed by atoms with van der Waals surface area (Å²) in [5.41, 5.74) is 1.48. The van der Waals surface area contributed by atoms with Crippen molar-refractivity contribution < 1.29 is 13.9 Å². The predicted molar refractivity (Wildman–Crippen MR) is 91.7 cm³/mol. The Balaban J connectivity index is 1.58. The van der Waals surface area contributed by atoms with Gasteiger partial charge in [-0.15, -0.1) is 0 Å². The SMILES string of the molecule is CCc1cnc(OC2CCCN(C(=O)Cc3ccccc3F)C2)nc1. The number of hydrogen-bond acceptors (Lipinski definition) is 4. The van der Waals surface area contributed by atoms with Crippen molar-refractivity contribution >= 4 is 5.91 Å². The van der Waals surface area contributed by atoms with Crippen LogP contribution in [0.2, 0.25) is 0 Å². The quantitative estimate of drug-likeness (QED) is 0.838. The second-order valence-corrected chi connectivity index (χ2v) is 6.22. The molecule has 1 amide bonds. The lowest BCUT2D eigenvalue weighted by molar-refractivity contribution is -0.133. The molecule has 1 aliphatic heterocycles. The first-order chi connectivity index (χ1) is 12.2. The molecule has 1 aliphatic rings. The number of nitrogens with zero attached hydrogens (tertiary/aromatic N) is 3. The lowest BCUT2D eigenvalue weighted by Gasteiger charge is -2.32. The number of likely N-dealkylation sites (tertiary alicyclic amines) is 1. The molecule has 1 fully saturated rings. The molecule has 25 heavy (non-hydrogen) atoms. The fraction of sp³-hybridized carbons (Fsp3) is 0.421. The number of ether oxygens (including phenoxy) is 1. The second kappa shape index (κ2) is 8.05. The molecular weight excluding hydrogens is 321 g/mol. The van der Waals surface area contributed by atoms with Gasteiger partial charge in [0.05, 0.1) is 13.0 Å². The summed E-state index contributed by atoms with van der Waals surface area (Å²) in [6, 6.07) is 6.73. The van der Waals surface area contributed by atoms with Gasteiger partial charge >= 0.3 is 6.01 Å². The first-order valence-corrected chi connectivity index (χ1v) is 8.64. The van der Waals surface area contributed by atoms with Crippen LogP contribution >= 0.6 is 0 Å². The van der Waals surface area contributed by atoms with Gasteiger partial charge in [0.1, 0.15) is 11.9 Å². The molecule has 1 atom stereocenters.